The highest BCUT2D eigenvalue weighted by Gasteiger charge is 2.24. The van der Waals surface area contributed by atoms with Crippen molar-refractivity contribution in [3.63, 3.8) is 0 Å². The molecule has 0 atom stereocenters. The lowest BCUT2D eigenvalue weighted by molar-refractivity contribution is 0.0432. The lowest BCUT2D eigenvalue weighted by atomic mass is 9.95. The highest BCUT2D eigenvalue weighted by Crippen LogP contribution is 2.26. The molecule has 0 fully saturated rings. The van der Waals surface area contributed by atoms with Crippen LogP contribution in [0.2, 0.25) is 0 Å². The molecule has 1 aromatic rings. The van der Waals surface area contributed by atoms with E-state index in [2.05, 4.69) is 6.58 Å². The van der Waals surface area contributed by atoms with Crippen LogP contribution >= 0.6 is 0 Å². The maximum absolute atomic E-state index is 10.8. The second kappa shape index (κ2) is 4.39. The van der Waals surface area contributed by atoms with Crippen molar-refractivity contribution in [2.75, 3.05) is 0 Å². The number of amides is 1. The van der Waals surface area contributed by atoms with Crippen LogP contribution in [0.1, 0.15) is 31.9 Å². The quantitative estimate of drug-likeness (QED) is 0.849. The Kier molecular flexibility index (Phi) is 3.38. The van der Waals surface area contributed by atoms with Gasteiger partial charge in [0.15, 0.2) is 0 Å². The van der Waals surface area contributed by atoms with Crippen LogP contribution in [0.25, 0.3) is 5.57 Å². The third-order valence-electron chi connectivity index (χ3n) is 2.41. The molecule has 0 saturated carbocycles. The van der Waals surface area contributed by atoms with E-state index in [1.54, 1.807) is 13.8 Å². The van der Waals surface area contributed by atoms with Gasteiger partial charge in [-0.3, -0.25) is 0 Å². The Morgan fingerprint density at radius 2 is 2.06 bits per heavy atom. The molecule has 0 aromatic heterocycles. The predicted octanol–water partition coefficient (Wildman–Crippen LogP) is 3.05. The summed E-state index contributed by atoms with van der Waals surface area (Å²) in [6, 6.07) is 7.72. The third kappa shape index (κ3) is 2.86. The molecule has 0 radical (unpaired) electrons. The smallest absolute Gasteiger partial charge is 0.405 e. The number of carbonyl (C=O) groups excluding carboxylic acids is 1. The summed E-state index contributed by atoms with van der Waals surface area (Å²) in [5, 5.41) is 0. The fraction of sp³-hybridized carbons (Fsp3) is 0.308. The van der Waals surface area contributed by atoms with Gasteiger partial charge in [0.05, 0.1) is 0 Å². The van der Waals surface area contributed by atoms with Gasteiger partial charge in [0.25, 0.3) is 0 Å². The molecule has 2 N–H and O–H groups in total. The molecule has 0 heterocycles. The van der Waals surface area contributed by atoms with Gasteiger partial charge in [0.1, 0.15) is 5.60 Å². The van der Waals surface area contributed by atoms with E-state index in [1.807, 2.05) is 31.2 Å². The number of benzene rings is 1. The Morgan fingerprint density at radius 3 is 2.56 bits per heavy atom. The molecule has 1 aromatic carbocycles. The molecular weight excluding hydrogens is 202 g/mol. The van der Waals surface area contributed by atoms with Gasteiger partial charge in [-0.05, 0) is 38.0 Å². The summed E-state index contributed by atoms with van der Waals surface area (Å²) in [5.74, 6) is 0. The Balaban J connectivity index is 3.07. The summed E-state index contributed by atoms with van der Waals surface area (Å²) < 4.78 is 5.07. The van der Waals surface area contributed by atoms with Crippen LogP contribution in [0.15, 0.2) is 30.8 Å². The molecule has 0 spiro atoms. The van der Waals surface area contributed by atoms with Gasteiger partial charge in [-0.25, -0.2) is 4.79 Å². The van der Waals surface area contributed by atoms with E-state index >= 15 is 0 Å². The minimum Gasteiger partial charge on any atom is -0.439 e. The molecule has 0 aliphatic heterocycles. The number of primary amides is 1. The lowest BCUT2D eigenvalue weighted by Gasteiger charge is -2.25. The van der Waals surface area contributed by atoms with E-state index < -0.39 is 11.7 Å². The van der Waals surface area contributed by atoms with Crippen LogP contribution in [0, 0.1) is 0 Å². The van der Waals surface area contributed by atoms with Crippen LogP contribution in [-0.4, -0.2) is 6.09 Å². The zero-order valence-electron chi connectivity index (χ0n) is 9.91. The Labute approximate surface area is 95.9 Å². The number of nitrogens with two attached hydrogens (primary N) is 1. The average Bonchev–Trinajstić information content (AvgIpc) is 2.16. The number of ether oxygens (including phenoxy) is 1. The van der Waals surface area contributed by atoms with Gasteiger partial charge < -0.3 is 10.5 Å². The highest BCUT2D eigenvalue weighted by molar-refractivity contribution is 5.66. The fourth-order valence-corrected chi connectivity index (χ4v) is 1.47. The topological polar surface area (TPSA) is 52.3 Å². The van der Waals surface area contributed by atoms with Gasteiger partial charge in [0, 0.05) is 0 Å². The van der Waals surface area contributed by atoms with Crippen molar-refractivity contribution in [3.05, 3.63) is 42.0 Å². The zero-order chi connectivity index (χ0) is 12.3. The number of hydrogen-bond donors (Lipinski definition) is 1. The predicted molar refractivity (Wildman–Crippen MR) is 64.8 cm³/mol. The van der Waals surface area contributed by atoms with E-state index in [-0.39, 0.29) is 0 Å². The van der Waals surface area contributed by atoms with Crippen molar-refractivity contribution in [1.82, 2.24) is 0 Å². The molecule has 3 nitrogen and oxygen atoms in total. The highest BCUT2D eigenvalue weighted by atomic mass is 16.6. The molecule has 0 aliphatic carbocycles. The molecule has 86 valence electrons. The zero-order valence-corrected chi connectivity index (χ0v) is 9.91. The van der Waals surface area contributed by atoms with Crippen molar-refractivity contribution >= 4 is 11.7 Å². The second-order valence-electron chi connectivity index (χ2n) is 4.29. The molecule has 0 aliphatic rings. The minimum absolute atomic E-state index is 0.725. The summed E-state index contributed by atoms with van der Waals surface area (Å²) in [4.78, 5) is 10.8. The average molecular weight is 219 g/mol. The van der Waals surface area contributed by atoms with Gasteiger partial charge >= 0.3 is 6.09 Å². The van der Waals surface area contributed by atoms with Crippen molar-refractivity contribution in [1.29, 1.82) is 0 Å². The number of carbonyl (C=O) groups is 1. The van der Waals surface area contributed by atoms with Crippen molar-refractivity contribution in [2.24, 2.45) is 5.73 Å². The lowest BCUT2D eigenvalue weighted by Crippen LogP contribution is -2.28. The van der Waals surface area contributed by atoms with Crippen LogP contribution in [-0.2, 0) is 10.3 Å². The first-order valence-corrected chi connectivity index (χ1v) is 5.08. The van der Waals surface area contributed by atoms with Crippen LogP contribution in [0.3, 0.4) is 0 Å². The van der Waals surface area contributed by atoms with E-state index in [0.717, 1.165) is 16.7 Å². The first kappa shape index (κ1) is 12.3. The van der Waals surface area contributed by atoms with E-state index in [9.17, 15) is 4.79 Å². The normalized spacial score (nSPS) is 10.9. The van der Waals surface area contributed by atoms with Crippen molar-refractivity contribution < 1.29 is 9.53 Å². The first-order chi connectivity index (χ1) is 7.33. The number of allylic oxidation sites excluding steroid dienone is 1. The molecule has 1 amide bonds. The maximum atomic E-state index is 10.8. The van der Waals surface area contributed by atoms with Gasteiger partial charge in [-0.1, -0.05) is 30.4 Å². The van der Waals surface area contributed by atoms with Crippen LogP contribution in [0.5, 0.6) is 0 Å². The van der Waals surface area contributed by atoms with Crippen molar-refractivity contribution in [3.8, 4) is 0 Å². The molecule has 0 unspecified atom stereocenters. The molecule has 1 rings (SSSR count). The molecule has 0 bridgehead atoms. The van der Waals surface area contributed by atoms with Gasteiger partial charge in [-0.15, -0.1) is 0 Å². The first-order valence-electron chi connectivity index (χ1n) is 5.08. The minimum atomic E-state index is -0.772. The fourth-order valence-electron chi connectivity index (χ4n) is 1.47. The summed E-state index contributed by atoms with van der Waals surface area (Å²) in [6.45, 7) is 9.41. The van der Waals surface area contributed by atoms with E-state index in [0.29, 0.717) is 0 Å². The van der Waals surface area contributed by atoms with Gasteiger partial charge in [-0.2, -0.15) is 0 Å². The second-order valence-corrected chi connectivity index (χ2v) is 4.29. The molecule has 3 heteroatoms. The molecule has 16 heavy (non-hydrogen) atoms. The van der Waals surface area contributed by atoms with Crippen LogP contribution < -0.4 is 5.73 Å². The third-order valence-corrected chi connectivity index (χ3v) is 2.41. The van der Waals surface area contributed by atoms with E-state index in [4.69, 9.17) is 10.5 Å². The number of hydrogen-bond acceptors (Lipinski definition) is 2. The Morgan fingerprint density at radius 1 is 1.44 bits per heavy atom. The largest absolute Gasteiger partial charge is 0.439 e. The van der Waals surface area contributed by atoms with Gasteiger partial charge in [0.2, 0.25) is 0 Å². The number of rotatable bonds is 3. The summed E-state index contributed by atoms with van der Waals surface area (Å²) in [5.41, 5.74) is 7.20. The maximum Gasteiger partial charge on any atom is 0.405 e. The standard InChI is InChI=1S/C13H17NO2/c1-9(2)10-6-5-7-11(8-10)13(3,4)16-12(14)15/h5-8H,1H2,2-4H3,(H2,14,15). The Hall–Kier alpha value is -1.77. The van der Waals surface area contributed by atoms with E-state index in [1.165, 1.54) is 0 Å². The van der Waals surface area contributed by atoms with Crippen molar-refractivity contribution in [2.45, 2.75) is 26.4 Å². The summed E-state index contributed by atoms with van der Waals surface area (Å²) in [7, 11) is 0. The van der Waals surface area contributed by atoms with Crippen LogP contribution in [0.4, 0.5) is 4.79 Å². The summed E-state index contributed by atoms with van der Waals surface area (Å²) in [6.07, 6.45) is -0.772. The molecule has 0 saturated heterocycles. The molecular formula is C13H17NO2. The SMILES string of the molecule is C=C(C)c1cccc(C(C)(C)OC(N)=O)c1. The monoisotopic (exact) mass is 219 g/mol. The Bertz CT molecular complexity index is 422. The summed E-state index contributed by atoms with van der Waals surface area (Å²) >= 11 is 0.